The van der Waals surface area contributed by atoms with E-state index in [9.17, 15) is 14.9 Å². The van der Waals surface area contributed by atoms with Crippen molar-refractivity contribution in [2.45, 2.75) is 6.92 Å². The average molecular weight is 277 g/mol. The summed E-state index contributed by atoms with van der Waals surface area (Å²) in [7, 11) is 0. The summed E-state index contributed by atoms with van der Waals surface area (Å²) in [6, 6.07) is 4.53. The smallest absolute Gasteiger partial charge is 0.338 e. The monoisotopic (exact) mass is 277 g/mol. The van der Waals surface area contributed by atoms with E-state index in [-0.39, 0.29) is 29.3 Å². The number of para-hydroxylation sites is 1. The van der Waals surface area contributed by atoms with Gasteiger partial charge in [0.2, 0.25) is 0 Å². The van der Waals surface area contributed by atoms with Crippen molar-refractivity contribution in [1.29, 1.82) is 0 Å². The number of carboxylic acids is 1. The number of hydrogen-bond acceptors (Lipinski definition) is 5. The normalized spacial score (nSPS) is 10.2. The topological polar surface area (TPSA) is 107 Å². The van der Waals surface area contributed by atoms with E-state index in [1.54, 1.807) is 13.0 Å². The Morgan fingerprint density at radius 3 is 2.85 bits per heavy atom. The lowest BCUT2D eigenvalue weighted by Crippen LogP contribution is -2.04. The van der Waals surface area contributed by atoms with Gasteiger partial charge in [0.05, 0.1) is 23.3 Å². The Hall–Kier alpha value is -2.90. The molecule has 0 bridgehead atoms. The van der Waals surface area contributed by atoms with Gasteiger partial charge in [-0.15, -0.1) is 0 Å². The number of nitrogens with zero attached hydrogens (tertiary/aromatic N) is 3. The summed E-state index contributed by atoms with van der Waals surface area (Å²) in [6.07, 6.45) is 2.33. The molecule has 20 heavy (non-hydrogen) atoms. The zero-order valence-corrected chi connectivity index (χ0v) is 10.5. The summed E-state index contributed by atoms with van der Waals surface area (Å²) in [4.78, 5) is 21.4. The minimum absolute atomic E-state index is 0.0545. The summed E-state index contributed by atoms with van der Waals surface area (Å²) in [5, 5.41) is 23.9. The van der Waals surface area contributed by atoms with Gasteiger partial charge in [-0.2, -0.15) is 5.10 Å². The minimum atomic E-state index is -1.15. The highest BCUT2D eigenvalue weighted by Gasteiger charge is 2.23. The molecular weight excluding hydrogens is 266 g/mol. The van der Waals surface area contributed by atoms with E-state index < -0.39 is 10.9 Å². The Balaban J connectivity index is 2.57. The molecule has 1 N–H and O–H groups in total. The van der Waals surface area contributed by atoms with Crippen LogP contribution >= 0.6 is 0 Å². The molecule has 2 rings (SSSR count). The van der Waals surface area contributed by atoms with E-state index in [2.05, 4.69) is 5.10 Å². The molecule has 1 aromatic carbocycles. The number of benzene rings is 1. The van der Waals surface area contributed by atoms with Crippen LogP contribution in [0.4, 0.5) is 5.69 Å². The van der Waals surface area contributed by atoms with Crippen molar-refractivity contribution in [3.63, 3.8) is 0 Å². The maximum absolute atomic E-state index is 11.2. The Morgan fingerprint density at radius 1 is 1.55 bits per heavy atom. The first-order valence-corrected chi connectivity index (χ1v) is 5.73. The number of carboxylic acid groups (broad SMARTS) is 1. The van der Waals surface area contributed by atoms with Gasteiger partial charge in [0, 0.05) is 6.20 Å². The van der Waals surface area contributed by atoms with Crippen LogP contribution in [0.1, 0.15) is 17.3 Å². The molecule has 1 aromatic heterocycles. The van der Waals surface area contributed by atoms with E-state index in [0.29, 0.717) is 0 Å². The number of aromatic carboxylic acids is 1. The molecule has 0 saturated heterocycles. The molecule has 0 spiro atoms. The van der Waals surface area contributed by atoms with Crippen LogP contribution in [0.15, 0.2) is 30.6 Å². The predicted octanol–water partition coefficient (Wildman–Crippen LogP) is 1.88. The molecule has 0 fully saturated rings. The van der Waals surface area contributed by atoms with Crippen LogP contribution in [-0.4, -0.2) is 32.4 Å². The molecular formula is C12H11N3O5. The fourth-order valence-electron chi connectivity index (χ4n) is 1.72. The van der Waals surface area contributed by atoms with Crippen LogP contribution < -0.4 is 4.74 Å². The van der Waals surface area contributed by atoms with Crippen LogP contribution in [-0.2, 0) is 0 Å². The fraction of sp³-hybridized carbons (Fsp3) is 0.167. The zero-order valence-electron chi connectivity index (χ0n) is 10.5. The number of nitro groups is 1. The molecule has 0 aliphatic rings. The highest BCUT2D eigenvalue weighted by molar-refractivity contribution is 5.87. The van der Waals surface area contributed by atoms with Crippen molar-refractivity contribution in [3.05, 3.63) is 46.3 Å². The molecule has 0 unspecified atom stereocenters. The molecule has 0 radical (unpaired) electrons. The van der Waals surface area contributed by atoms with Gasteiger partial charge in [0.25, 0.3) is 0 Å². The summed E-state index contributed by atoms with van der Waals surface area (Å²) in [5.74, 6) is -1.04. The Bertz CT molecular complexity index is 665. The molecule has 0 amide bonds. The van der Waals surface area contributed by atoms with Crippen LogP contribution in [0.5, 0.6) is 5.75 Å². The van der Waals surface area contributed by atoms with Gasteiger partial charge >= 0.3 is 11.7 Å². The second-order valence-electron chi connectivity index (χ2n) is 3.79. The Kier molecular flexibility index (Phi) is 3.65. The molecule has 2 aromatic rings. The largest absolute Gasteiger partial charge is 0.487 e. The van der Waals surface area contributed by atoms with Crippen molar-refractivity contribution in [3.8, 4) is 11.4 Å². The van der Waals surface area contributed by atoms with Gasteiger partial charge in [0.1, 0.15) is 5.69 Å². The predicted molar refractivity (Wildman–Crippen MR) is 68.3 cm³/mol. The van der Waals surface area contributed by atoms with Crippen molar-refractivity contribution in [2.24, 2.45) is 0 Å². The molecule has 0 aliphatic carbocycles. The van der Waals surface area contributed by atoms with Crippen LogP contribution in [0.3, 0.4) is 0 Å². The first kappa shape index (κ1) is 13.5. The van der Waals surface area contributed by atoms with E-state index >= 15 is 0 Å². The fourth-order valence-corrected chi connectivity index (χ4v) is 1.72. The quantitative estimate of drug-likeness (QED) is 0.660. The highest BCUT2D eigenvalue weighted by atomic mass is 16.6. The molecule has 8 nitrogen and oxygen atoms in total. The van der Waals surface area contributed by atoms with Crippen LogP contribution in [0.25, 0.3) is 5.69 Å². The first-order chi connectivity index (χ1) is 9.54. The third-order valence-electron chi connectivity index (χ3n) is 2.54. The molecule has 0 aliphatic heterocycles. The van der Waals surface area contributed by atoms with Gasteiger partial charge < -0.3 is 9.84 Å². The second-order valence-corrected chi connectivity index (χ2v) is 3.79. The summed E-state index contributed by atoms with van der Waals surface area (Å²) in [5.41, 5.74) is -0.163. The van der Waals surface area contributed by atoms with Gasteiger partial charge in [-0.05, 0) is 19.1 Å². The number of nitro benzene ring substituents is 1. The summed E-state index contributed by atoms with van der Waals surface area (Å²) >= 11 is 0. The summed E-state index contributed by atoms with van der Waals surface area (Å²) in [6.45, 7) is 2.00. The lowest BCUT2D eigenvalue weighted by Gasteiger charge is -2.08. The number of aromatic nitrogens is 2. The lowest BCUT2D eigenvalue weighted by molar-refractivity contribution is -0.385. The van der Waals surface area contributed by atoms with Crippen LogP contribution in [0.2, 0.25) is 0 Å². The van der Waals surface area contributed by atoms with E-state index in [1.807, 2.05) is 0 Å². The first-order valence-electron chi connectivity index (χ1n) is 5.73. The number of carbonyl (C=O) groups is 1. The number of rotatable bonds is 5. The van der Waals surface area contributed by atoms with Crippen molar-refractivity contribution < 1.29 is 19.6 Å². The Morgan fingerprint density at radius 2 is 2.30 bits per heavy atom. The average Bonchev–Trinajstić information content (AvgIpc) is 2.88. The van der Waals surface area contributed by atoms with Crippen molar-refractivity contribution in [1.82, 2.24) is 9.78 Å². The van der Waals surface area contributed by atoms with Crippen LogP contribution in [0, 0.1) is 10.1 Å². The summed E-state index contributed by atoms with van der Waals surface area (Å²) < 4.78 is 6.36. The van der Waals surface area contributed by atoms with Crippen molar-refractivity contribution in [2.75, 3.05) is 6.61 Å². The van der Waals surface area contributed by atoms with Gasteiger partial charge in [-0.25, -0.2) is 9.48 Å². The zero-order chi connectivity index (χ0) is 14.7. The molecule has 1 heterocycles. The second kappa shape index (κ2) is 5.39. The molecule has 104 valence electrons. The maximum atomic E-state index is 11.2. The van der Waals surface area contributed by atoms with Gasteiger partial charge in [-0.1, -0.05) is 6.07 Å². The minimum Gasteiger partial charge on any atom is -0.487 e. The molecule has 8 heteroatoms. The van der Waals surface area contributed by atoms with Gasteiger partial charge in [-0.3, -0.25) is 10.1 Å². The standard InChI is InChI=1S/C12H11N3O5/c1-2-20-10-5-3-4-9(11(10)15(18)19)14-7-8(6-13-14)12(16)17/h3-7H,2H2,1H3,(H,16,17). The Labute approximate surface area is 113 Å². The van der Waals surface area contributed by atoms with Crippen molar-refractivity contribution >= 4 is 11.7 Å². The third-order valence-corrected chi connectivity index (χ3v) is 2.54. The van der Waals surface area contributed by atoms with E-state index in [4.69, 9.17) is 9.84 Å². The maximum Gasteiger partial charge on any atom is 0.338 e. The van der Waals surface area contributed by atoms with E-state index in [1.165, 1.54) is 18.3 Å². The van der Waals surface area contributed by atoms with E-state index in [0.717, 1.165) is 10.9 Å². The molecule has 0 saturated carbocycles. The number of hydrogen-bond donors (Lipinski definition) is 1. The highest BCUT2D eigenvalue weighted by Crippen LogP contribution is 2.33. The SMILES string of the molecule is CCOc1cccc(-n2cc(C(=O)O)cn2)c1[N+](=O)[O-]. The number of ether oxygens (including phenoxy) is 1. The van der Waals surface area contributed by atoms with Gasteiger partial charge in [0.15, 0.2) is 5.75 Å². The molecule has 0 atom stereocenters. The lowest BCUT2D eigenvalue weighted by atomic mass is 10.2. The third kappa shape index (κ3) is 2.44.